The number of nitrogens with zero attached hydrogens (tertiary/aromatic N) is 1. The number of nitrogen functional groups attached to an aromatic ring is 1. The molecule has 6 heteroatoms. The summed E-state index contributed by atoms with van der Waals surface area (Å²) in [6.07, 6.45) is 4.70. The van der Waals surface area contributed by atoms with Gasteiger partial charge in [0.1, 0.15) is 12.4 Å². The van der Waals surface area contributed by atoms with Gasteiger partial charge in [-0.05, 0) is 18.2 Å². The second-order valence-corrected chi connectivity index (χ2v) is 6.18. The van der Waals surface area contributed by atoms with Crippen molar-refractivity contribution in [1.29, 1.82) is 0 Å². The lowest BCUT2D eigenvalue weighted by atomic mass is 10.1. The number of likely N-dealkylation sites (N-methyl/N-ethyl adjacent to an activating group) is 1. The van der Waals surface area contributed by atoms with E-state index in [1.54, 1.807) is 19.3 Å². The summed E-state index contributed by atoms with van der Waals surface area (Å²) in [5.74, 6) is 6.71. The maximum atomic E-state index is 11.4. The predicted octanol–water partition coefficient (Wildman–Crippen LogP) is 3.07. The molecule has 3 aromatic rings. The first-order valence-electron chi connectivity index (χ1n) is 7.91. The molecule has 0 saturated carbocycles. The minimum atomic E-state index is -0.189. The number of hydrogen-bond acceptors (Lipinski definition) is 5. The Kier molecular flexibility index (Phi) is 5.52. The highest BCUT2D eigenvalue weighted by atomic mass is 32.1. The third-order valence-corrected chi connectivity index (χ3v) is 4.57. The van der Waals surface area contributed by atoms with Gasteiger partial charge < -0.3 is 15.8 Å². The van der Waals surface area contributed by atoms with Gasteiger partial charge in [-0.15, -0.1) is 11.3 Å². The van der Waals surface area contributed by atoms with E-state index in [-0.39, 0.29) is 12.5 Å². The Morgan fingerprint density at radius 2 is 2.19 bits per heavy atom. The van der Waals surface area contributed by atoms with Crippen LogP contribution in [0.1, 0.15) is 11.3 Å². The molecule has 1 aromatic carbocycles. The van der Waals surface area contributed by atoms with E-state index >= 15 is 0 Å². The van der Waals surface area contributed by atoms with Crippen LogP contribution in [0.4, 0.5) is 5.69 Å². The molecule has 3 N–H and O–H groups in total. The summed E-state index contributed by atoms with van der Waals surface area (Å²) in [5, 5.41) is 5.33. The number of carbonyl (C=O) groups excluding carboxylic acids is 1. The molecule has 2 heterocycles. The number of hydrogen-bond donors (Lipinski definition) is 2. The van der Waals surface area contributed by atoms with Gasteiger partial charge in [0.05, 0.1) is 22.3 Å². The van der Waals surface area contributed by atoms with E-state index in [1.165, 1.54) is 17.4 Å². The Bertz CT molecular complexity index is 1010. The molecule has 0 radical (unpaired) electrons. The van der Waals surface area contributed by atoms with Crippen LogP contribution in [-0.2, 0) is 4.79 Å². The lowest BCUT2D eigenvalue weighted by Gasteiger charge is -2.01. The maximum absolute atomic E-state index is 11.4. The van der Waals surface area contributed by atoms with Crippen molar-refractivity contribution in [3.63, 3.8) is 0 Å². The van der Waals surface area contributed by atoms with Gasteiger partial charge in [-0.3, -0.25) is 9.78 Å². The molecule has 0 bridgehead atoms. The molecule has 0 fully saturated rings. The Morgan fingerprint density at radius 3 is 2.96 bits per heavy atom. The predicted molar refractivity (Wildman–Crippen MR) is 106 cm³/mol. The first-order chi connectivity index (χ1) is 12.7. The van der Waals surface area contributed by atoms with E-state index in [0.29, 0.717) is 11.4 Å². The van der Waals surface area contributed by atoms with Gasteiger partial charge in [0.25, 0.3) is 0 Å². The molecule has 1 amide bonds. The number of anilines is 1. The lowest BCUT2D eigenvalue weighted by molar-refractivity contribution is -0.115. The van der Waals surface area contributed by atoms with Crippen molar-refractivity contribution in [2.75, 3.05) is 19.4 Å². The standard InChI is InChI=1S/C20H17N3O2S/c1-22-18(24)10-9-17-20-19(16(21)12-23-17)14(13-26-20)6-5-11-25-15-7-3-2-4-8-15/h2-4,7-10,12-13H,11,21H2,1H3,(H,22,24)/b10-9+. The van der Waals surface area contributed by atoms with Crippen LogP contribution in [0.25, 0.3) is 16.2 Å². The summed E-state index contributed by atoms with van der Waals surface area (Å²) in [5.41, 5.74) is 8.17. The highest BCUT2D eigenvalue weighted by Crippen LogP contribution is 2.32. The minimum Gasteiger partial charge on any atom is -0.481 e. The molecule has 0 aliphatic carbocycles. The van der Waals surface area contributed by atoms with Crippen molar-refractivity contribution in [2.45, 2.75) is 0 Å². The lowest BCUT2D eigenvalue weighted by Crippen LogP contribution is -2.13. The molecule has 0 spiro atoms. The Hall–Kier alpha value is -3.30. The van der Waals surface area contributed by atoms with Crippen molar-refractivity contribution in [3.05, 3.63) is 59.2 Å². The number of rotatable bonds is 4. The van der Waals surface area contributed by atoms with Crippen LogP contribution in [0.3, 0.4) is 0 Å². The fourth-order valence-corrected chi connectivity index (χ4v) is 3.31. The largest absolute Gasteiger partial charge is 0.481 e. The van der Waals surface area contributed by atoms with Crippen LogP contribution >= 0.6 is 11.3 Å². The second kappa shape index (κ2) is 8.19. The molecule has 0 aliphatic rings. The summed E-state index contributed by atoms with van der Waals surface area (Å²) in [7, 11) is 1.58. The molecule has 0 saturated heterocycles. The van der Waals surface area contributed by atoms with E-state index < -0.39 is 0 Å². The number of nitrogens with two attached hydrogens (primary N) is 1. The van der Waals surface area contributed by atoms with Crippen molar-refractivity contribution >= 4 is 39.1 Å². The van der Waals surface area contributed by atoms with Gasteiger partial charge in [0.15, 0.2) is 0 Å². The molecule has 5 nitrogen and oxygen atoms in total. The number of carbonyl (C=O) groups is 1. The quantitative estimate of drug-likeness (QED) is 0.552. The molecule has 2 aromatic heterocycles. The number of aromatic nitrogens is 1. The summed E-state index contributed by atoms with van der Waals surface area (Å²) < 4.78 is 6.48. The highest BCUT2D eigenvalue weighted by Gasteiger charge is 2.10. The minimum absolute atomic E-state index is 0.189. The maximum Gasteiger partial charge on any atom is 0.243 e. The summed E-state index contributed by atoms with van der Waals surface area (Å²) in [6.45, 7) is 0.287. The Morgan fingerprint density at radius 1 is 1.38 bits per heavy atom. The highest BCUT2D eigenvalue weighted by molar-refractivity contribution is 7.17. The molecule has 0 atom stereocenters. The summed E-state index contributed by atoms with van der Waals surface area (Å²) in [6, 6.07) is 9.53. The van der Waals surface area contributed by atoms with Crippen LogP contribution in [0.2, 0.25) is 0 Å². The first kappa shape index (κ1) is 17.5. The van der Waals surface area contributed by atoms with Crippen LogP contribution in [0.15, 0.2) is 48.0 Å². The molecule has 3 rings (SSSR count). The van der Waals surface area contributed by atoms with Crippen LogP contribution in [0.5, 0.6) is 5.75 Å². The van der Waals surface area contributed by atoms with Gasteiger partial charge in [-0.1, -0.05) is 30.0 Å². The van der Waals surface area contributed by atoms with Crippen LogP contribution in [-0.4, -0.2) is 24.5 Å². The monoisotopic (exact) mass is 363 g/mol. The SMILES string of the molecule is CNC(=O)/C=C/c1ncc(N)c2c(C#CCOc3ccccc3)csc12. The number of fused-ring (bicyclic) bond motifs is 1. The zero-order valence-corrected chi connectivity index (χ0v) is 15.0. The van der Waals surface area contributed by atoms with Crippen molar-refractivity contribution in [1.82, 2.24) is 10.3 Å². The van der Waals surface area contributed by atoms with Gasteiger partial charge in [0, 0.05) is 29.5 Å². The molecule has 26 heavy (non-hydrogen) atoms. The van der Waals surface area contributed by atoms with E-state index in [0.717, 1.165) is 21.4 Å². The molecule has 0 unspecified atom stereocenters. The average Bonchev–Trinajstić information content (AvgIpc) is 3.10. The van der Waals surface area contributed by atoms with E-state index in [2.05, 4.69) is 22.1 Å². The normalized spacial score (nSPS) is 10.5. The number of thiophene rings is 1. The number of para-hydroxylation sites is 1. The van der Waals surface area contributed by atoms with Gasteiger partial charge >= 0.3 is 0 Å². The molecule has 130 valence electrons. The fraction of sp³-hybridized carbons (Fsp3) is 0.100. The number of amides is 1. The molecular formula is C20H17N3O2S. The smallest absolute Gasteiger partial charge is 0.243 e. The van der Waals surface area contributed by atoms with Crippen molar-refractivity contribution in [2.24, 2.45) is 0 Å². The van der Waals surface area contributed by atoms with Gasteiger partial charge in [0.2, 0.25) is 5.91 Å². The van der Waals surface area contributed by atoms with Gasteiger partial charge in [-0.25, -0.2) is 0 Å². The zero-order chi connectivity index (χ0) is 18.4. The van der Waals surface area contributed by atoms with Crippen molar-refractivity contribution in [3.8, 4) is 17.6 Å². The first-order valence-corrected chi connectivity index (χ1v) is 8.79. The molecular weight excluding hydrogens is 346 g/mol. The summed E-state index contributed by atoms with van der Waals surface area (Å²) >= 11 is 1.50. The molecule has 0 aliphatic heterocycles. The Labute approximate surface area is 155 Å². The van der Waals surface area contributed by atoms with E-state index in [1.807, 2.05) is 35.7 Å². The number of benzene rings is 1. The zero-order valence-electron chi connectivity index (χ0n) is 14.2. The topological polar surface area (TPSA) is 77.2 Å². The fourth-order valence-electron chi connectivity index (χ4n) is 2.31. The second-order valence-electron chi connectivity index (χ2n) is 5.30. The number of pyridine rings is 1. The van der Waals surface area contributed by atoms with Crippen LogP contribution < -0.4 is 15.8 Å². The number of ether oxygens (including phenoxy) is 1. The third-order valence-electron chi connectivity index (χ3n) is 3.57. The van der Waals surface area contributed by atoms with Gasteiger partial charge in [-0.2, -0.15) is 0 Å². The van der Waals surface area contributed by atoms with E-state index in [4.69, 9.17) is 10.5 Å². The summed E-state index contributed by atoms with van der Waals surface area (Å²) in [4.78, 5) is 15.7. The van der Waals surface area contributed by atoms with Crippen molar-refractivity contribution < 1.29 is 9.53 Å². The van der Waals surface area contributed by atoms with E-state index in [9.17, 15) is 4.79 Å². The number of nitrogens with one attached hydrogen (secondary N) is 1. The third kappa shape index (κ3) is 4.02. The average molecular weight is 363 g/mol. The van der Waals surface area contributed by atoms with Crippen LogP contribution in [0, 0.1) is 11.8 Å². The Balaban J connectivity index is 1.83.